The van der Waals surface area contributed by atoms with E-state index in [1.165, 1.54) is 29.9 Å². The topological polar surface area (TPSA) is 68.2 Å². The van der Waals surface area contributed by atoms with Crippen molar-refractivity contribution in [2.75, 3.05) is 7.05 Å². The third-order valence-electron chi connectivity index (χ3n) is 4.59. The summed E-state index contributed by atoms with van der Waals surface area (Å²) in [4.78, 5) is 37.2. The number of benzene rings is 1. The van der Waals surface area contributed by atoms with Crippen LogP contribution in [0.3, 0.4) is 0 Å². The molecule has 0 radical (unpaired) electrons. The molecule has 0 unspecified atom stereocenters. The minimum absolute atomic E-state index is 0.0408. The first-order valence-electron chi connectivity index (χ1n) is 8.64. The molecule has 0 spiro atoms. The Bertz CT molecular complexity index is 929. The van der Waals surface area contributed by atoms with Crippen LogP contribution in [0.1, 0.15) is 51.1 Å². The van der Waals surface area contributed by atoms with Crippen molar-refractivity contribution in [3.8, 4) is 0 Å². The highest BCUT2D eigenvalue weighted by molar-refractivity contribution is 6.00. The zero-order valence-corrected chi connectivity index (χ0v) is 14.8. The molecule has 0 saturated heterocycles. The minimum Gasteiger partial charge on any atom is -0.355 e. The van der Waals surface area contributed by atoms with Crippen molar-refractivity contribution in [3.05, 3.63) is 68.9 Å². The number of hydrogen-bond acceptors (Lipinski definition) is 3. The SMILES string of the molecule is CNC(=O)c1cc(C(=O)CC2CC2)cn(Cc2cc(C)ccc2F)c1=O. The molecule has 1 aromatic carbocycles. The Morgan fingerprint density at radius 1 is 1.27 bits per heavy atom. The number of nitrogens with zero attached hydrogens (tertiary/aromatic N) is 1. The second kappa shape index (κ2) is 7.23. The maximum atomic E-state index is 14.1. The van der Waals surface area contributed by atoms with Gasteiger partial charge in [0.25, 0.3) is 11.5 Å². The number of halogens is 1. The number of aryl methyl sites for hydroxylation is 1. The van der Waals surface area contributed by atoms with Crippen molar-refractivity contribution in [2.45, 2.75) is 32.7 Å². The summed E-state index contributed by atoms with van der Waals surface area (Å²) in [6, 6.07) is 5.99. The number of Topliss-reactive ketones (excluding diaryl/α,β-unsaturated/α-hetero) is 1. The average Bonchev–Trinajstić information content (AvgIpc) is 3.43. The van der Waals surface area contributed by atoms with Crippen molar-refractivity contribution in [1.82, 2.24) is 9.88 Å². The molecule has 26 heavy (non-hydrogen) atoms. The number of ketones is 1. The van der Waals surface area contributed by atoms with E-state index in [-0.39, 0.29) is 17.9 Å². The summed E-state index contributed by atoms with van der Waals surface area (Å²) in [5, 5.41) is 2.42. The van der Waals surface area contributed by atoms with E-state index in [1.807, 2.05) is 6.92 Å². The van der Waals surface area contributed by atoms with Gasteiger partial charge in [-0.25, -0.2) is 4.39 Å². The fraction of sp³-hybridized carbons (Fsp3) is 0.350. The number of rotatable bonds is 6. The summed E-state index contributed by atoms with van der Waals surface area (Å²) in [7, 11) is 1.42. The number of amides is 1. The molecule has 1 amide bonds. The monoisotopic (exact) mass is 356 g/mol. The highest BCUT2D eigenvalue weighted by Gasteiger charge is 2.26. The molecule has 1 fully saturated rings. The Morgan fingerprint density at radius 2 is 2.00 bits per heavy atom. The average molecular weight is 356 g/mol. The van der Waals surface area contributed by atoms with Gasteiger partial charge in [-0.1, -0.05) is 17.7 Å². The number of nitrogens with one attached hydrogen (secondary N) is 1. The van der Waals surface area contributed by atoms with Gasteiger partial charge in [-0.15, -0.1) is 0 Å². The second-order valence-electron chi connectivity index (χ2n) is 6.82. The van der Waals surface area contributed by atoms with Gasteiger partial charge >= 0.3 is 0 Å². The molecule has 6 heteroatoms. The zero-order valence-electron chi connectivity index (χ0n) is 14.8. The van der Waals surface area contributed by atoms with Crippen LogP contribution < -0.4 is 10.9 Å². The molecule has 5 nitrogen and oxygen atoms in total. The Kier molecular flexibility index (Phi) is 5.02. The van der Waals surface area contributed by atoms with E-state index in [1.54, 1.807) is 12.1 Å². The van der Waals surface area contributed by atoms with Crippen molar-refractivity contribution in [1.29, 1.82) is 0 Å². The fourth-order valence-corrected chi connectivity index (χ4v) is 2.91. The number of aromatic nitrogens is 1. The third kappa shape index (κ3) is 3.90. The maximum absolute atomic E-state index is 14.1. The van der Waals surface area contributed by atoms with Crippen LogP contribution in [0.2, 0.25) is 0 Å². The van der Waals surface area contributed by atoms with E-state index in [4.69, 9.17) is 0 Å². The van der Waals surface area contributed by atoms with Crippen LogP contribution in [-0.2, 0) is 6.54 Å². The maximum Gasteiger partial charge on any atom is 0.263 e. The Balaban J connectivity index is 2.04. The Hall–Kier alpha value is -2.76. The Morgan fingerprint density at radius 3 is 2.65 bits per heavy atom. The van der Waals surface area contributed by atoms with Crippen molar-refractivity contribution < 1.29 is 14.0 Å². The molecule has 1 aliphatic carbocycles. The quantitative estimate of drug-likeness (QED) is 0.809. The van der Waals surface area contributed by atoms with Gasteiger partial charge in [0.05, 0.1) is 6.54 Å². The van der Waals surface area contributed by atoms with Gasteiger partial charge < -0.3 is 9.88 Å². The summed E-state index contributed by atoms with van der Waals surface area (Å²) in [6.07, 6.45) is 3.90. The molecule has 0 aliphatic heterocycles. The van der Waals surface area contributed by atoms with E-state index in [9.17, 15) is 18.8 Å². The zero-order chi connectivity index (χ0) is 18.8. The molecule has 1 aromatic heterocycles. The summed E-state index contributed by atoms with van der Waals surface area (Å²) in [5.74, 6) is -0.704. The van der Waals surface area contributed by atoms with Crippen molar-refractivity contribution in [2.24, 2.45) is 5.92 Å². The molecule has 1 aliphatic rings. The first-order chi connectivity index (χ1) is 12.4. The summed E-state index contributed by atoms with van der Waals surface area (Å²) in [6.45, 7) is 1.79. The predicted octanol–water partition coefficient (Wildman–Crippen LogP) is 2.69. The molecule has 136 valence electrons. The van der Waals surface area contributed by atoms with Crippen LogP contribution in [0.15, 0.2) is 35.3 Å². The van der Waals surface area contributed by atoms with E-state index in [0.717, 1.165) is 18.4 Å². The third-order valence-corrected chi connectivity index (χ3v) is 4.59. The van der Waals surface area contributed by atoms with E-state index in [2.05, 4.69) is 5.32 Å². The number of hydrogen-bond donors (Lipinski definition) is 1. The standard InChI is InChI=1S/C20H21FN2O3/c1-12-3-6-17(21)14(7-12)10-23-11-15(18(24)8-13-4-5-13)9-16(20(23)26)19(25)22-2/h3,6-7,9,11,13H,4-5,8,10H2,1-2H3,(H,22,25). The van der Waals surface area contributed by atoms with Crippen LogP contribution >= 0.6 is 0 Å². The summed E-state index contributed by atoms with van der Waals surface area (Å²) in [5.41, 5.74) is 0.849. The van der Waals surface area contributed by atoms with Gasteiger partial charge in [-0.05, 0) is 37.8 Å². The van der Waals surface area contributed by atoms with Crippen LogP contribution in [0.5, 0.6) is 0 Å². The molecule has 1 heterocycles. The molecule has 0 bridgehead atoms. The number of carbonyl (C=O) groups is 2. The van der Waals surface area contributed by atoms with Gasteiger partial charge in [-0.2, -0.15) is 0 Å². The van der Waals surface area contributed by atoms with Crippen molar-refractivity contribution >= 4 is 11.7 Å². The van der Waals surface area contributed by atoms with Gasteiger partial charge in [0.1, 0.15) is 11.4 Å². The lowest BCUT2D eigenvalue weighted by molar-refractivity contribution is 0.0961. The molecule has 0 atom stereocenters. The molecular weight excluding hydrogens is 335 g/mol. The smallest absolute Gasteiger partial charge is 0.263 e. The summed E-state index contributed by atoms with van der Waals surface area (Å²) < 4.78 is 15.3. The number of carbonyl (C=O) groups excluding carboxylic acids is 2. The predicted molar refractivity (Wildman–Crippen MR) is 96.0 cm³/mol. The van der Waals surface area contributed by atoms with Crippen LogP contribution in [0.25, 0.3) is 0 Å². The van der Waals surface area contributed by atoms with Gasteiger partial charge in [0.15, 0.2) is 5.78 Å². The molecule has 1 saturated carbocycles. The lowest BCUT2D eigenvalue weighted by Gasteiger charge is -2.12. The number of pyridine rings is 1. The second-order valence-corrected chi connectivity index (χ2v) is 6.82. The van der Waals surface area contributed by atoms with Gasteiger partial charge in [0.2, 0.25) is 0 Å². The van der Waals surface area contributed by atoms with E-state index in [0.29, 0.717) is 23.5 Å². The lowest BCUT2D eigenvalue weighted by atomic mass is 10.0. The first kappa shape index (κ1) is 18.0. The lowest BCUT2D eigenvalue weighted by Crippen LogP contribution is -2.32. The highest BCUT2D eigenvalue weighted by atomic mass is 19.1. The molecule has 2 aromatic rings. The van der Waals surface area contributed by atoms with Gasteiger partial charge in [0, 0.05) is 30.8 Å². The highest BCUT2D eigenvalue weighted by Crippen LogP contribution is 2.33. The Labute approximate surface area is 150 Å². The van der Waals surface area contributed by atoms with Crippen molar-refractivity contribution in [3.63, 3.8) is 0 Å². The minimum atomic E-state index is -0.561. The summed E-state index contributed by atoms with van der Waals surface area (Å²) >= 11 is 0. The van der Waals surface area contributed by atoms with Crippen LogP contribution in [0, 0.1) is 18.7 Å². The van der Waals surface area contributed by atoms with E-state index < -0.39 is 17.3 Å². The first-order valence-corrected chi connectivity index (χ1v) is 8.64. The van der Waals surface area contributed by atoms with Crippen LogP contribution in [0.4, 0.5) is 4.39 Å². The largest absolute Gasteiger partial charge is 0.355 e. The van der Waals surface area contributed by atoms with Gasteiger partial charge in [-0.3, -0.25) is 14.4 Å². The fourth-order valence-electron chi connectivity index (χ4n) is 2.91. The van der Waals surface area contributed by atoms with Crippen LogP contribution in [-0.4, -0.2) is 23.3 Å². The van der Waals surface area contributed by atoms with E-state index >= 15 is 0 Å². The molecule has 3 rings (SSSR count). The molecular formula is C20H21FN2O3. The normalized spacial score (nSPS) is 13.5. The molecule has 1 N–H and O–H groups in total.